The Morgan fingerprint density at radius 1 is 1.32 bits per heavy atom. The van der Waals surface area contributed by atoms with Gasteiger partial charge in [0.25, 0.3) is 0 Å². The number of carbonyl (C=O) groups is 2. The van der Waals surface area contributed by atoms with Crippen molar-refractivity contribution < 1.29 is 14.3 Å². The number of ether oxygens (including phenoxy) is 1. The average Bonchev–Trinajstić information content (AvgIpc) is 3.31. The van der Waals surface area contributed by atoms with Gasteiger partial charge in [0.2, 0.25) is 11.8 Å². The molecule has 1 N–H and O–H groups in total. The minimum absolute atomic E-state index is 0.0135. The number of aryl methyl sites for hydroxylation is 2. The summed E-state index contributed by atoms with van der Waals surface area (Å²) in [6.45, 7) is 11.3. The van der Waals surface area contributed by atoms with Crippen LogP contribution in [0.2, 0.25) is 0 Å². The molecular weight excluding hydrogens is 392 g/mol. The van der Waals surface area contributed by atoms with Crippen molar-refractivity contribution in [2.45, 2.75) is 65.6 Å². The molecule has 0 radical (unpaired) electrons. The first kappa shape index (κ1) is 23.0. The fraction of sp³-hybridized carbons (Fsp3) is 0.542. The van der Waals surface area contributed by atoms with E-state index in [0.717, 1.165) is 17.7 Å². The lowest BCUT2D eigenvalue weighted by molar-refractivity contribution is -0.133. The van der Waals surface area contributed by atoms with Gasteiger partial charge in [-0.05, 0) is 57.4 Å². The van der Waals surface area contributed by atoms with Gasteiger partial charge in [-0.15, -0.1) is 0 Å². The highest BCUT2D eigenvalue weighted by atomic mass is 16.5. The molecule has 2 amide bonds. The predicted octanol–water partition coefficient (Wildman–Crippen LogP) is 3.73. The molecule has 1 aromatic carbocycles. The third kappa shape index (κ3) is 4.98. The van der Waals surface area contributed by atoms with Crippen LogP contribution < -0.4 is 5.32 Å². The molecule has 3 rings (SSSR count). The van der Waals surface area contributed by atoms with Gasteiger partial charge in [-0.1, -0.05) is 13.0 Å². The molecule has 1 saturated heterocycles. The first-order chi connectivity index (χ1) is 14.7. The lowest BCUT2D eigenvalue weighted by atomic mass is 9.92. The number of hydrogen-bond donors (Lipinski definition) is 1. The first-order valence-corrected chi connectivity index (χ1v) is 10.9. The van der Waals surface area contributed by atoms with Crippen molar-refractivity contribution in [2.75, 3.05) is 19.0 Å². The van der Waals surface area contributed by atoms with Crippen molar-refractivity contribution in [3.05, 3.63) is 47.3 Å². The van der Waals surface area contributed by atoms with Gasteiger partial charge < -0.3 is 15.0 Å². The molecule has 0 aliphatic carbocycles. The Morgan fingerprint density at radius 2 is 2.06 bits per heavy atom. The molecule has 0 saturated carbocycles. The van der Waals surface area contributed by atoms with Crippen molar-refractivity contribution in [1.82, 2.24) is 14.7 Å². The maximum Gasteiger partial charge on any atom is 0.230 e. The van der Waals surface area contributed by atoms with E-state index in [1.807, 2.05) is 50.1 Å². The second kappa shape index (κ2) is 9.22. The predicted molar refractivity (Wildman–Crippen MR) is 121 cm³/mol. The fourth-order valence-electron chi connectivity index (χ4n) is 4.35. The van der Waals surface area contributed by atoms with E-state index in [1.165, 1.54) is 11.1 Å². The van der Waals surface area contributed by atoms with Crippen LogP contribution in [-0.2, 0) is 27.3 Å². The largest absolute Gasteiger partial charge is 0.383 e. The van der Waals surface area contributed by atoms with E-state index in [-0.39, 0.29) is 24.3 Å². The summed E-state index contributed by atoms with van der Waals surface area (Å²) in [5.74, 6) is -0.640. The van der Waals surface area contributed by atoms with Crippen LogP contribution in [0.5, 0.6) is 0 Å². The molecular formula is C24H34N4O3. The smallest absolute Gasteiger partial charge is 0.230 e. The Bertz CT molecular complexity index is 945. The van der Waals surface area contributed by atoms with Crippen LogP contribution in [0, 0.1) is 12.8 Å². The van der Waals surface area contributed by atoms with Gasteiger partial charge in [0, 0.05) is 36.5 Å². The summed E-state index contributed by atoms with van der Waals surface area (Å²) in [7, 11) is 1.65. The molecule has 2 unspecified atom stereocenters. The summed E-state index contributed by atoms with van der Waals surface area (Å²) in [6, 6.07) is 5.60. The SMILES string of the molecule is CCc1cc(NC(=O)C2CC(=O)N(C(C)(C)C)C2c2cnn(CCOC)c2)ccc1C. The second-order valence-electron chi connectivity index (χ2n) is 9.20. The molecule has 31 heavy (non-hydrogen) atoms. The first-order valence-electron chi connectivity index (χ1n) is 10.9. The Balaban J connectivity index is 1.90. The van der Waals surface area contributed by atoms with Crippen LogP contribution in [0.4, 0.5) is 5.69 Å². The maximum absolute atomic E-state index is 13.3. The molecule has 1 aliphatic heterocycles. The number of anilines is 1. The van der Waals surface area contributed by atoms with Crippen LogP contribution in [-0.4, -0.2) is 45.8 Å². The van der Waals surface area contributed by atoms with Gasteiger partial charge in [-0.2, -0.15) is 5.10 Å². The summed E-state index contributed by atoms with van der Waals surface area (Å²) in [5, 5.41) is 7.47. The van der Waals surface area contributed by atoms with Gasteiger partial charge in [0.05, 0.1) is 31.3 Å². The molecule has 1 fully saturated rings. The normalized spacial score (nSPS) is 19.2. The molecule has 0 bridgehead atoms. The minimum Gasteiger partial charge on any atom is -0.383 e. The van der Waals surface area contributed by atoms with E-state index in [2.05, 4.69) is 24.3 Å². The van der Waals surface area contributed by atoms with Crippen molar-refractivity contribution in [3.8, 4) is 0 Å². The summed E-state index contributed by atoms with van der Waals surface area (Å²) < 4.78 is 6.93. The van der Waals surface area contributed by atoms with Crippen LogP contribution >= 0.6 is 0 Å². The number of nitrogens with zero attached hydrogens (tertiary/aromatic N) is 3. The van der Waals surface area contributed by atoms with Gasteiger partial charge in [-0.3, -0.25) is 14.3 Å². The molecule has 7 heteroatoms. The summed E-state index contributed by atoms with van der Waals surface area (Å²) >= 11 is 0. The molecule has 2 atom stereocenters. The van der Waals surface area contributed by atoms with E-state index < -0.39 is 11.5 Å². The maximum atomic E-state index is 13.3. The van der Waals surface area contributed by atoms with Crippen LogP contribution in [0.25, 0.3) is 0 Å². The van der Waals surface area contributed by atoms with Crippen LogP contribution in [0.1, 0.15) is 56.8 Å². The molecule has 0 spiro atoms. The summed E-state index contributed by atoms with van der Waals surface area (Å²) in [6.07, 6.45) is 4.77. The number of amides is 2. The number of rotatable bonds is 7. The molecule has 1 aliphatic rings. The summed E-state index contributed by atoms with van der Waals surface area (Å²) in [4.78, 5) is 28.2. The third-order valence-corrected chi connectivity index (χ3v) is 5.90. The number of hydrogen-bond acceptors (Lipinski definition) is 4. The third-order valence-electron chi connectivity index (χ3n) is 5.90. The highest BCUT2D eigenvalue weighted by molar-refractivity contribution is 5.98. The highest BCUT2D eigenvalue weighted by Crippen LogP contribution is 2.42. The Kier molecular flexibility index (Phi) is 6.84. The molecule has 168 valence electrons. The molecule has 1 aromatic heterocycles. The number of likely N-dealkylation sites (tertiary alicyclic amines) is 1. The van der Waals surface area contributed by atoms with Crippen molar-refractivity contribution in [3.63, 3.8) is 0 Å². The lowest BCUT2D eigenvalue weighted by Crippen LogP contribution is -2.44. The molecule has 2 aromatic rings. The zero-order chi connectivity index (χ0) is 22.8. The van der Waals surface area contributed by atoms with E-state index >= 15 is 0 Å². The Hall–Kier alpha value is -2.67. The van der Waals surface area contributed by atoms with Crippen molar-refractivity contribution in [1.29, 1.82) is 0 Å². The Labute approximate surface area is 184 Å². The molecule has 7 nitrogen and oxygen atoms in total. The van der Waals surface area contributed by atoms with Crippen LogP contribution in [0.15, 0.2) is 30.6 Å². The van der Waals surface area contributed by atoms with E-state index in [9.17, 15) is 9.59 Å². The van der Waals surface area contributed by atoms with Crippen LogP contribution in [0.3, 0.4) is 0 Å². The van der Waals surface area contributed by atoms with Gasteiger partial charge in [0.1, 0.15) is 0 Å². The zero-order valence-electron chi connectivity index (χ0n) is 19.4. The van der Waals surface area contributed by atoms with Gasteiger partial charge in [-0.25, -0.2) is 0 Å². The second-order valence-corrected chi connectivity index (χ2v) is 9.20. The standard InChI is InChI=1S/C24H34N4O3/c1-7-17-12-19(9-8-16(17)2)26-23(30)20-13-21(29)28(24(3,4)5)22(20)18-14-25-27(15-18)10-11-31-6/h8-9,12,14-15,20,22H,7,10-11,13H2,1-6H3,(H,26,30). The quantitative estimate of drug-likeness (QED) is 0.732. The number of aromatic nitrogens is 2. The Morgan fingerprint density at radius 3 is 2.71 bits per heavy atom. The minimum atomic E-state index is -0.488. The fourth-order valence-corrected chi connectivity index (χ4v) is 4.35. The van der Waals surface area contributed by atoms with E-state index in [1.54, 1.807) is 18.0 Å². The number of benzene rings is 1. The van der Waals surface area contributed by atoms with E-state index in [4.69, 9.17) is 4.74 Å². The highest BCUT2D eigenvalue weighted by Gasteiger charge is 2.48. The topological polar surface area (TPSA) is 76.5 Å². The van der Waals surface area contributed by atoms with Crippen molar-refractivity contribution >= 4 is 17.5 Å². The summed E-state index contributed by atoms with van der Waals surface area (Å²) in [5.41, 5.74) is 3.63. The zero-order valence-corrected chi connectivity index (χ0v) is 19.4. The monoisotopic (exact) mass is 426 g/mol. The average molecular weight is 427 g/mol. The van der Waals surface area contributed by atoms with Gasteiger partial charge >= 0.3 is 0 Å². The lowest BCUT2D eigenvalue weighted by Gasteiger charge is -2.38. The number of methoxy groups -OCH3 is 1. The van der Waals surface area contributed by atoms with E-state index in [0.29, 0.717) is 13.2 Å². The van der Waals surface area contributed by atoms with Gasteiger partial charge in [0.15, 0.2) is 0 Å². The number of nitrogens with one attached hydrogen (secondary N) is 1. The number of carbonyl (C=O) groups excluding carboxylic acids is 2. The van der Waals surface area contributed by atoms with Crippen molar-refractivity contribution in [2.24, 2.45) is 5.92 Å². The molecule has 2 heterocycles.